The Balaban J connectivity index is 1.92. The first kappa shape index (κ1) is 11.3. The summed E-state index contributed by atoms with van der Waals surface area (Å²) in [6.45, 7) is 0. The minimum Gasteiger partial charge on any atom is -0.327 e. The molecule has 4 heteroatoms. The van der Waals surface area contributed by atoms with Gasteiger partial charge in [0.25, 0.3) is 0 Å². The quantitative estimate of drug-likeness (QED) is 0.885. The molecule has 2 nitrogen and oxygen atoms in total. The van der Waals surface area contributed by atoms with Crippen molar-refractivity contribution in [1.82, 2.24) is 4.98 Å². The van der Waals surface area contributed by atoms with Gasteiger partial charge in [0, 0.05) is 29.8 Å². The van der Waals surface area contributed by atoms with Gasteiger partial charge in [-0.25, -0.2) is 8.78 Å². The number of nitrogens with two attached hydrogens (primary N) is 1. The second-order valence-corrected chi connectivity index (χ2v) is 4.61. The number of rotatable bonds is 2. The molecule has 2 atom stereocenters. The fraction of sp³-hybridized carbons (Fsp3) is 0.214. The van der Waals surface area contributed by atoms with Gasteiger partial charge in [0.15, 0.2) is 0 Å². The molecule has 2 N–H and O–H groups in total. The van der Waals surface area contributed by atoms with Crippen LogP contribution in [-0.2, 0) is 0 Å². The van der Waals surface area contributed by atoms with Gasteiger partial charge in [-0.3, -0.25) is 4.98 Å². The molecule has 0 spiro atoms. The van der Waals surface area contributed by atoms with Gasteiger partial charge < -0.3 is 5.73 Å². The standard InChI is InChI=1S/C14H12F2N2/c15-9-2-3-10(12(16)5-9)14-4-1-8(7-18-14)11-6-13(11)17/h1-5,7,11,13H,6,17H2/t11-,13-/m0/s1. The molecule has 1 aromatic heterocycles. The summed E-state index contributed by atoms with van der Waals surface area (Å²) >= 11 is 0. The summed E-state index contributed by atoms with van der Waals surface area (Å²) in [5, 5.41) is 0. The van der Waals surface area contributed by atoms with Crippen LogP contribution in [0.3, 0.4) is 0 Å². The van der Waals surface area contributed by atoms with E-state index in [1.54, 1.807) is 12.3 Å². The molecule has 1 aliphatic carbocycles. The van der Waals surface area contributed by atoms with Crippen LogP contribution < -0.4 is 5.73 Å². The summed E-state index contributed by atoms with van der Waals surface area (Å²) in [4.78, 5) is 4.22. The van der Waals surface area contributed by atoms with Crippen molar-refractivity contribution in [3.05, 3.63) is 53.7 Å². The van der Waals surface area contributed by atoms with Crippen LogP contribution in [0, 0.1) is 11.6 Å². The fourth-order valence-corrected chi connectivity index (χ4v) is 2.08. The summed E-state index contributed by atoms with van der Waals surface area (Å²) in [5.41, 5.74) is 7.65. The van der Waals surface area contributed by atoms with E-state index in [2.05, 4.69) is 4.98 Å². The van der Waals surface area contributed by atoms with E-state index in [4.69, 9.17) is 5.73 Å². The highest BCUT2D eigenvalue weighted by molar-refractivity contribution is 5.60. The smallest absolute Gasteiger partial charge is 0.135 e. The van der Waals surface area contributed by atoms with Crippen LogP contribution in [0.2, 0.25) is 0 Å². The van der Waals surface area contributed by atoms with Crippen LogP contribution in [0.25, 0.3) is 11.3 Å². The number of aromatic nitrogens is 1. The SMILES string of the molecule is N[C@H]1C[C@H]1c1ccc(-c2ccc(F)cc2F)nc1. The Hall–Kier alpha value is -1.81. The van der Waals surface area contributed by atoms with Gasteiger partial charge in [0.2, 0.25) is 0 Å². The third-order valence-electron chi connectivity index (χ3n) is 3.26. The Morgan fingerprint density at radius 1 is 1.17 bits per heavy atom. The number of benzene rings is 1. The van der Waals surface area contributed by atoms with Crippen LogP contribution in [0.4, 0.5) is 8.78 Å². The third-order valence-corrected chi connectivity index (χ3v) is 3.26. The van der Waals surface area contributed by atoms with E-state index in [1.807, 2.05) is 6.07 Å². The first-order valence-corrected chi connectivity index (χ1v) is 5.82. The van der Waals surface area contributed by atoms with E-state index in [0.717, 1.165) is 18.1 Å². The number of hydrogen-bond acceptors (Lipinski definition) is 2. The van der Waals surface area contributed by atoms with Crippen molar-refractivity contribution >= 4 is 0 Å². The highest BCUT2D eigenvalue weighted by Gasteiger charge is 2.34. The summed E-state index contributed by atoms with van der Waals surface area (Å²) in [6, 6.07) is 7.36. The number of hydrogen-bond donors (Lipinski definition) is 1. The summed E-state index contributed by atoms with van der Waals surface area (Å²) < 4.78 is 26.4. The van der Waals surface area contributed by atoms with Crippen LogP contribution >= 0.6 is 0 Å². The summed E-state index contributed by atoms with van der Waals surface area (Å²) in [6.07, 6.45) is 2.70. The van der Waals surface area contributed by atoms with Crippen molar-refractivity contribution in [2.45, 2.75) is 18.4 Å². The summed E-state index contributed by atoms with van der Waals surface area (Å²) in [7, 11) is 0. The topological polar surface area (TPSA) is 38.9 Å². The second kappa shape index (κ2) is 4.14. The molecule has 0 saturated heterocycles. The molecule has 1 saturated carbocycles. The molecule has 0 radical (unpaired) electrons. The zero-order valence-electron chi connectivity index (χ0n) is 9.61. The van der Waals surface area contributed by atoms with Gasteiger partial charge in [-0.2, -0.15) is 0 Å². The Bertz CT molecular complexity index is 581. The molecule has 1 heterocycles. The Morgan fingerprint density at radius 2 is 1.94 bits per heavy atom. The highest BCUT2D eigenvalue weighted by atomic mass is 19.1. The molecule has 0 aliphatic heterocycles. The van der Waals surface area contributed by atoms with E-state index in [1.165, 1.54) is 12.1 Å². The fourth-order valence-electron chi connectivity index (χ4n) is 2.08. The highest BCUT2D eigenvalue weighted by Crippen LogP contribution is 2.38. The van der Waals surface area contributed by atoms with Crippen molar-refractivity contribution < 1.29 is 8.78 Å². The Morgan fingerprint density at radius 3 is 2.50 bits per heavy atom. The third kappa shape index (κ3) is 1.99. The number of nitrogens with zero attached hydrogens (tertiary/aromatic N) is 1. The first-order chi connectivity index (χ1) is 8.65. The minimum atomic E-state index is -0.599. The molecule has 2 aromatic rings. The van der Waals surface area contributed by atoms with E-state index in [9.17, 15) is 8.78 Å². The van der Waals surface area contributed by atoms with Crippen molar-refractivity contribution in [2.24, 2.45) is 5.73 Å². The average molecular weight is 246 g/mol. The van der Waals surface area contributed by atoms with Crippen LogP contribution in [-0.4, -0.2) is 11.0 Å². The van der Waals surface area contributed by atoms with Gasteiger partial charge in [0.1, 0.15) is 11.6 Å². The number of pyridine rings is 1. The van der Waals surface area contributed by atoms with Crippen molar-refractivity contribution in [3.8, 4) is 11.3 Å². The van der Waals surface area contributed by atoms with Crippen LogP contribution in [0.5, 0.6) is 0 Å². The van der Waals surface area contributed by atoms with Crippen LogP contribution in [0.15, 0.2) is 36.5 Å². The molecule has 1 fully saturated rings. The first-order valence-electron chi connectivity index (χ1n) is 5.82. The molecular weight excluding hydrogens is 234 g/mol. The molecule has 1 aliphatic rings. The second-order valence-electron chi connectivity index (χ2n) is 4.61. The predicted molar refractivity (Wildman–Crippen MR) is 64.9 cm³/mol. The van der Waals surface area contributed by atoms with E-state index in [-0.39, 0.29) is 6.04 Å². The monoisotopic (exact) mass is 246 g/mol. The Labute approximate surface area is 103 Å². The van der Waals surface area contributed by atoms with Gasteiger partial charge in [0.05, 0.1) is 5.69 Å². The maximum absolute atomic E-state index is 13.6. The molecule has 0 bridgehead atoms. The molecule has 0 unspecified atom stereocenters. The van der Waals surface area contributed by atoms with Crippen molar-refractivity contribution in [1.29, 1.82) is 0 Å². The maximum Gasteiger partial charge on any atom is 0.135 e. The maximum atomic E-state index is 13.6. The van der Waals surface area contributed by atoms with E-state index >= 15 is 0 Å². The van der Waals surface area contributed by atoms with Crippen LogP contribution in [0.1, 0.15) is 17.9 Å². The molecule has 1 aromatic carbocycles. The lowest BCUT2D eigenvalue weighted by atomic mass is 10.1. The molecule has 92 valence electrons. The van der Waals surface area contributed by atoms with E-state index in [0.29, 0.717) is 17.2 Å². The average Bonchev–Trinajstić information content (AvgIpc) is 3.07. The lowest BCUT2D eigenvalue weighted by Crippen LogP contribution is -2.01. The molecular formula is C14H12F2N2. The zero-order chi connectivity index (χ0) is 12.7. The molecule has 0 amide bonds. The molecule has 18 heavy (non-hydrogen) atoms. The largest absolute Gasteiger partial charge is 0.327 e. The normalized spacial score (nSPS) is 21.9. The lowest BCUT2D eigenvalue weighted by Gasteiger charge is -2.04. The zero-order valence-corrected chi connectivity index (χ0v) is 9.61. The molecule has 3 rings (SSSR count). The summed E-state index contributed by atoms with van der Waals surface area (Å²) in [5.74, 6) is -0.806. The predicted octanol–water partition coefficient (Wildman–Crippen LogP) is 2.84. The van der Waals surface area contributed by atoms with Gasteiger partial charge in [-0.15, -0.1) is 0 Å². The lowest BCUT2D eigenvalue weighted by molar-refractivity contribution is 0.585. The van der Waals surface area contributed by atoms with Gasteiger partial charge >= 0.3 is 0 Å². The van der Waals surface area contributed by atoms with E-state index < -0.39 is 11.6 Å². The minimum absolute atomic E-state index is 0.222. The van der Waals surface area contributed by atoms with Gasteiger partial charge in [-0.05, 0) is 30.2 Å². The Kier molecular flexibility index (Phi) is 2.59. The van der Waals surface area contributed by atoms with Crippen molar-refractivity contribution in [3.63, 3.8) is 0 Å². The van der Waals surface area contributed by atoms with Gasteiger partial charge in [-0.1, -0.05) is 6.07 Å². The number of halogens is 2. The van der Waals surface area contributed by atoms with Crippen molar-refractivity contribution in [2.75, 3.05) is 0 Å².